The molecule has 2 aromatic carbocycles. The molecule has 1 aliphatic carbocycles. The highest BCUT2D eigenvalue weighted by Gasteiger charge is 2.29. The fourth-order valence-electron chi connectivity index (χ4n) is 3.59. The Kier molecular flexibility index (Phi) is 5.56. The molecule has 0 aromatic heterocycles. The molecular formula is C21H23NO4. The highest BCUT2D eigenvalue weighted by atomic mass is 16.5. The predicted molar refractivity (Wildman–Crippen MR) is 99.2 cm³/mol. The number of carbonyl (C=O) groups excluding carboxylic acids is 1. The minimum Gasteiger partial charge on any atom is -0.481 e. The maximum absolute atomic E-state index is 12.2. The first kappa shape index (κ1) is 18.0. The first-order chi connectivity index (χ1) is 12.6. The Balaban J connectivity index is 1.68. The molecule has 0 bridgehead atoms. The lowest BCUT2D eigenvalue weighted by molar-refractivity contribution is -0.137. The summed E-state index contributed by atoms with van der Waals surface area (Å²) in [7, 11) is 0. The summed E-state index contributed by atoms with van der Waals surface area (Å²) in [6.07, 6.45) is 0.738. The molecule has 0 spiro atoms. The van der Waals surface area contributed by atoms with E-state index in [1.165, 1.54) is 11.1 Å². The van der Waals surface area contributed by atoms with Crippen LogP contribution in [0.5, 0.6) is 0 Å². The van der Waals surface area contributed by atoms with Gasteiger partial charge in [0.15, 0.2) is 0 Å². The van der Waals surface area contributed by atoms with E-state index in [1.54, 1.807) is 0 Å². The van der Waals surface area contributed by atoms with Crippen LogP contribution in [-0.4, -0.2) is 29.8 Å². The van der Waals surface area contributed by atoms with Crippen molar-refractivity contribution in [2.45, 2.75) is 38.1 Å². The van der Waals surface area contributed by atoms with Gasteiger partial charge in [0, 0.05) is 12.0 Å². The number of rotatable bonds is 7. The van der Waals surface area contributed by atoms with Crippen LogP contribution < -0.4 is 5.32 Å². The van der Waals surface area contributed by atoms with Gasteiger partial charge in [-0.1, -0.05) is 61.9 Å². The molecule has 0 aliphatic heterocycles. The van der Waals surface area contributed by atoms with Crippen molar-refractivity contribution in [2.75, 3.05) is 6.61 Å². The average Bonchev–Trinajstić information content (AvgIpc) is 2.94. The van der Waals surface area contributed by atoms with Gasteiger partial charge in [0.05, 0.1) is 6.42 Å². The molecule has 0 fully saturated rings. The second-order valence-electron chi connectivity index (χ2n) is 6.55. The summed E-state index contributed by atoms with van der Waals surface area (Å²) in [4.78, 5) is 23.1. The summed E-state index contributed by atoms with van der Waals surface area (Å²) in [6.45, 7) is 2.18. The number of ether oxygens (including phenoxy) is 1. The van der Waals surface area contributed by atoms with E-state index in [9.17, 15) is 9.59 Å². The van der Waals surface area contributed by atoms with Crippen LogP contribution in [0.15, 0.2) is 48.5 Å². The van der Waals surface area contributed by atoms with E-state index in [2.05, 4.69) is 29.6 Å². The van der Waals surface area contributed by atoms with Gasteiger partial charge in [-0.05, 0) is 28.7 Å². The Labute approximate surface area is 153 Å². The highest BCUT2D eigenvalue weighted by molar-refractivity contribution is 5.79. The van der Waals surface area contributed by atoms with Crippen molar-refractivity contribution in [2.24, 2.45) is 0 Å². The Bertz CT molecular complexity index is 757. The molecule has 1 amide bonds. The Morgan fingerprint density at radius 2 is 1.65 bits per heavy atom. The van der Waals surface area contributed by atoms with Gasteiger partial charge < -0.3 is 15.2 Å². The minimum atomic E-state index is -0.928. The van der Waals surface area contributed by atoms with Crippen molar-refractivity contribution >= 4 is 12.1 Å². The van der Waals surface area contributed by atoms with E-state index in [0.29, 0.717) is 6.42 Å². The smallest absolute Gasteiger partial charge is 0.407 e. The van der Waals surface area contributed by atoms with Gasteiger partial charge >= 0.3 is 12.1 Å². The fourth-order valence-corrected chi connectivity index (χ4v) is 3.59. The Morgan fingerprint density at radius 1 is 1.08 bits per heavy atom. The predicted octanol–water partition coefficient (Wildman–Crippen LogP) is 4.17. The normalized spacial score (nSPS) is 13.6. The third kappa shape index (κ3) is 3.87. The van der Waals surface area contributed by atoms with Gasteiger partial charge in [0.25, 0.3) is 0 Å². The number of carbonyl (C=O) groups is 2. The molecular weight excluding hydrogens is 330 g/mol. The zero-order chi connectivity index (χ0) is 18.5. The average molecular weight is 353 g/mol. The molecule has 1 atom stereocenters. The molecule has 1 aliphatic rings. The Hall–Kier alpha value is -2.82. The van der Waals surface area contributed by atoms with E-state index in [-0.39, 0.29) is 18.9 Å². The topological polar surface area (TPSA) is 75.6 Å². The fraction of sp³-hybridized carbons (Fsp3) is 0.333. The molecule has 0 saturated heterocycles. The van der Waals surface area contributed by atoms with Crippen molar-refractivity contribution in [1.29, 1.82) is 0 Å². The van der Waals surface area contributed by atoms with E-state index < -0.39 is 18.1 Å². The molecule has 136 valence electrons. The molecule has 26 heavy (non-hydrogen) atoms. The van der Waals surface area contributed by atoms with Crippen LogP contribution in [0.25, 0.3) is 11.1 Å². The number of alkyl carbamates (subject to hydrolysis) is 1. The largest absolute Gasteiger partial charge is 0.481 e. The quantitative estimate of drug-likeness (QED) is 0.783. The number of carboxylic acids is 1. The van der Waals surface area contributed by atoms with Crippen molar-refractivity contribution in [3.63, 3.8) is 0 Å². The maximum atomic E-state index is 12.2. The van der Waals surface area contributed by atoms with E-state index >= 15 is 0 Å². The summed E-state index contributed by atoms with van der Waals surface area (Å²) in [5, 5.41) is 11.6. The number of hydrogen-bond acceptors (Lipinski definition) is 3. The standard InChI is InChI=1S/C21H23NO4/c1-2-7-14(12-20(23)24)22-21(25)26-13-19-17-10-5-3-8-15(17)16-9-4-6-11-18(16)19/h3-6,8-11,14,19H,2,7,12-13H2,1H3,(H,22,25)(H,23,24)/t14-/m0/s1. The second-order valence-corrected chi connectivity index (χ2v) is 6.55. The van der Waals surface area contributed by atoms with E-state index in [4.69, 9.17) is 9.84 Å². The second kappa shape index (κ2) is 8.04. The number of carboxylic acid groups (broad SMARTS) is 1. The molecule has 2 N–H and O–H groups in total. The van der Waals surface area contributed by atoms with Crippen molar-refractivity contribution in [3.8, 4) is 11.1 Å². The molecule has 2 aromatic rings. The third-order valence-corrected chi connectivity index (χ3v) is 4.72. The number of nitrogens with one attached hydrogen (secondary N) is 1. The first-order valence-corrected chi connectivity index (χ1v) is 8.93. The monoisotopic (exact) mass is 353 g/mol. The number of aliphatic carboxylic acids is 1. The van der Waals surface area contributed by atoms with Crippen molar-refractivity contribution < 1.29 is 19.4 Å². The van der Waals surface area contributed by atoms with E-state index in [0.717, 1.165) is 17.5 Å². The number of fused-ring (bicyclic) bond motifs is 3. The van der Waals surface area contributed by atoms with Crippen LogP contribution in [0.4, 0.5) is 4.79 Å². The number of hydrogen-bond donors (Lipinski definition) is 2. The van der Waals surface area contributed by atoms with Crippen molar-refractivity contribution in [3.05, 3.63) is 59.7 Å². The summed E-state index contributed by atoms with van der Waals surface area (Å²) in [6, 6.07) is 15.9. The molecule has 0 unspecified atom stereocenters. The SMILES string of the molecule is CCC[C@@H](CC(=O)O)NC(=O)OCC1c2ccccc2-c2ccccc21. The molecule has 3 rings (SSSR count). The van der Waals surface area contributed by atoms with Crippen LogP contribution in [0, 0.1) is 0 Å². The lowest BCUT2D eigenvalue weighted by Crippen LogP contribution is -2.37. The molecule has 0 radical (unpaired) electrons. The summed E-state index contributed by atoms with van der Waals surface area (Å²) in [5.41, 5.74) is 4.65. The maximum Gasteiger partial charge on any atom is 0.407 e. The molecule has 5 nitrogen and oxygen atoms in total. The first-order valence-electron chi connectivity index (χ1n) is 8.93. The molecule has 0 saturated carbocycles. The van der Waals surface area contributed by atoms with E-state index in [1.807, 2.05) is 31.2 Å². The Morgan fingerprint density at radius 3 is 2.19 bits per heavy atom. The van der Waals surface area contributed by atoms with Crippen LogP contribution in [-0.2, 0) is 9.53 Å². The zero-order valence-corrected chi connectivity index (χ0v) is 14.8. The van der Waals surface area contributed by atoms with Crippen molar-refractivity contribution in [1.82, 2.24) is 5.32 Å². The third-order valence-electron chi connectivity index (χ3n) is 4.72. The number of amides is 1. The highest BCUT2D eigenvalue weighted by Crippen LogP contribution is 2.44. The summed E-state index contributed by atoms with van der Waals surface area (Å²) >= 11 is 0. The van der Waals surface area contributed by atoms with Gasteiger partial charge in [0.1, 0.15) is 6.61 Å². The molecule has 5 heteroatoms. The van der Waals surface area contributed by atoms with Gasteiger partial charge in [-0.2, -0.15) is 0 Å². The van der Waals surface area contributed by atoms with Gasteiger partial charge in [-0.25, -0.2) is 4.79 Å². The van der Waals surface area contributed by atoms with Gasteiger partial charge in [-0.15, -0.1) is 0 Å². The lowest BCUT2D eigenvalue weighted by atomic mass is 9.98. The van der Waals surface area contributed by atoms with Crippen LogP contribution in [0.1, 0.15) is 43.2 Å². The zero-order valence-electron chi connectivity index (χ0n) is 14.8. The number of benzene rings is 2. The van der Waals surface area contributed by atoms with Crippen LogP contribution >= 0.6 is 0 Å². The van der Waals surface area contributed by atoms with Crippen LogP contribution in [0.3, 0.4) is 0 Å². The lowest BCUT2D eigenvalue weighted by Gasteiger charge is -2.18. The van der Waals surface area contributed by atoms with Crippen LogP contribution in [0.2, 0.25) is 0 Å². The summed E-state index contributed by atoms with van der Waals surface area (Å²) < 4.78 is 5.46. The van der Waals surface area contributed by atoms with Gasteiger partial charge in [0.2, 0.25) is 0 Å². The molecule has 0 heterocycles. The minimum absolute atomic E-state index is 0.00255. The summed E-state index contributed by atoms with van der Waals surface area (Å²) in [5.74, 6) is -0.931. The van der Waals surface area contributed by atoms with Gasteiger partial charge in [-0.3, -0.25) is 4.79 Å².